The van der Waals surface area contributed by atoms with E-state index in [0.717, 1.165) is 0 Å². The van der Waals surface area contributed by atoms with E-state index in [0.29, 0.717) is 17.9 Å². The van der Waals surface area contributed by atoms with Gasteiger partial charge in [-0.1, -0.05) is 111 Å². The van der Waals surface area contributed by atoms with Crippen molar-refractivity contribution in [2.24, 2.45) is 0 Å². The molecule has 2 aliphatic rings. The summed E-state index contributed by atoms with van der Waals surface area (Å²) in [6.45, 7) is 4.00. The molecule has 0 radical (unpaired) electrons. The first kappa shape index (κ1) is 29.9. The number of hydrogen-bond acceptors (Lipinski definition) is 1. The summed E-state index contributed by atoms with van der Waals surface area (Å²) in [5.74, 6) is 1.09. The van der Waals surface area contributed by atoms with Gasteiger partial charge in [0.05, 0.1) is 0 Å². The molecule has 1 heterocycles. The van der Waals surface area contributed by atoms with Crippen molar-refractivity contribution < 1.29 is 0 Å². The van der Waals surface area contributed by atoms with Gasteiger partial charge in [-0.05, 0) is 114 Å². The Labute approximate surface area is 263 Å². The predicted molar refractivity (Wildman–Crippen MR) is 189 cm³/mol. The molecule has 2 unspecified atom stereocenters. The number of nitrogens with one attached hydrogen (secondary N) is 1. The number of nitrogens with zero attached hydrogens (tertiary/aromatic N) is 1. The van der Waals surface area contributed by atoms with Crippen LogP contribution in [0.5, 0.6) is 0 Å². The second-order valence-electron chi connectivity index (χ2n) is 12.3. The molecular weight excluding hydrogens is 532 g/mol. The maximum Gasteiger partial charge on any atom is 0.0454 e. The highest BCUT2D eigenvalue weighted by atomic mass is 15.1. The smallest absolute Gasteiger partial charge is 0.0454 e. The predicted octanol–water partition coefficient (Wildman–Crippen LogP) is 11.0. The Morgan fingerprint density at radius 3 is 2.00 bits per heavy atom. The number of hydrogen-bond donors (Lipinski definition) is 1. The fourth-order valence-corrected chi connectivity index (χ4v) is 7.46. The van der Waals surface area contributed by atoms with Crippen molar-refractivity contribution in [2.45, 2.75) is 63.8 Å². The van der Waals surface area contributed by atoms with E-state index in [1.165, 1.54) is 87.2 Å². The van der Waals surface area contributed by atoms with Crippen molar-refractivity contribution in [1.82, 2.24) is 9.88 Å². The largest absolute Gasteiger partial charge is 0.361 e. The zero-order valence-corrected chi connectivity index (χ0v) is 26.8. The third-order valence-corrected chi connectivity index (χ3v) is 9.61. The van der Waals surface area contributed by atoms with E-state index >= 15 is 0 Å². The van der Waals surface area contributed by atoms with Crippen LogP contribution in [0.1, 0.15) is 90.8 Å². The Balaban J connectivity index is 0.000000150. The molecular formula is C42H46N2. The second-order valence-corrected chi connectivity index (χ2v) is 12.3. The summed E-state index contributed by atoms with van der Waals surface area (Å²) in [7, 11) is 4.38. The summed E-state index contributed by atoms with van der Waals surface area (Å²) < 4.78 is 0. The zero-order valence-electron chi connectivity index (χ0n) is 26.8. The van der Waals surface area contributed by atoms with Crippen LogP contribution in [0.4, 0.5) is 0 Å². The number of rotatable bonds is 3. The fraction of sp³-hybridized carbons (Fsp3) is 0.286. The van der Waals surface area contributed by atoms with Crippen LogP contribution >= 0.6 is 0 Å². The van der Waals surface area contributed by atoms with Gasteiger partial charge in [0.25, 0.3) is 0 Å². The van der Waals surface area contributed by atoms with Crippen molar-refractivity contribution in [3.8, 4) is 0 Å². The highest BCUT2D eigenvalue weighted by Gasteiger charge is 2.29. The van der Waals surface area contributed by atoms with Crippen LogP contribution in [-0.2, 0) is 6.42 Å². The molecule has 44 heavy (non-hydrogen) atoms. The molecule has 0 spiro atoms. The Hall–Kier alpha value is -4.14. The third kappa shape index (κ3) is 6.10. The van der Waals surface area contributed by atoms with E-state index in [-0.39, 0.29) is 0 Å². The van der Waals surface area contributed by atoms with Gasteiger partial charge in [0.1, 0.15) is 0 Å². The van der Waals surface area contributed by atoms with Crippen LogP contribution in [-0.4, -0.2) is 24.0 Å². The van der Waals surface area contributed by atoms with Gasteiger partial charge in [-0.25, -0.2) is 0 Å². The number of benzene rings is 5. The Morgan fingerprint density at radius 1 is 0.568 bits per heavy atom. The highest BCUT2D eigenvalue weighted by Crippen LogP contribution is 2.43. The van der Waals surface area contributed by atoms with Crippen molar-refractivity contribution >= 4 is 21.7 Å². The lowest BCUT2D eigenvalue weighted by molar-refractivity contribution is 0.263. The number of aryl methyl sites for hydroxylation is 1. The van der Waals surface area contributed by atoms with E-state index in [9.17, 15) is 0 Å². The fourth-order valence-electron chi connectivity index (χ4n) is 7.46. The standard InChI is InChI=1S/C22H23N.C18H17N.C2H6/c1-23(2)22-14-13-19(20-9-5-6-10-21(20)22)18-12-11-16-7-3-4-8-17(16)15-18;1-2-6-16-13(4-1)5-3-7-17(16)14-8-9-18-15(12-14)10-11-19-18;1-2/h3-12,15,19,22H,13-14H2,1-2H3;1-2,4,6,8-12,17,19H,3,5,7H2;1-2H3/t19-,22?;;/m1../s1. The maximum absolute atomic E-state index is 3.27. The SMILES string of the molecule is CC.CN(C)C1CC[C@H](c2ccc3ccccc3c2)c2ccccc21.c1ccc2c(c1)CCCC2c1ccc2[nH]ccc2c1. The molecule has 8 rings (SSSR count). The monoisotopic (exact) mass is 578 g/mol. The summed E-state index contributed by atoms with van der Waals surface area (Å²) >= 11 is 0. The minimum Gasteiger partial charge on any atom is -0.361 e. The maximum atomic E-state index is 3.27. The van der Waals surface area contributed by atoms with Crippen LogP contribution in [0.2, 0.25) is 0 Å². The summed E-state index contributed by atoms with van der Waals surface area (Å²) in [6, 6.07) is 43.1. The van der Waals surface area contributed by atoms with Gasteiger partial charge in [-0.3, -0.25) is 0 Å². The number of H-pyrrole nitrogens is 1. The quantitative estimate of drug-likeness (QED) is 0.221. The molecule has 2 aliphatic carbocycles. The van der Waals surface area contributed by atoms with E-state index in [4.69, 9.17) is 0 Å². The molecule has 2 heteroatoms. The van der Waals surface area contributed by atoms with Crippen LogP contribution in [0.3, 0.4) is 0 Å². The Bertz CT molecular complexity index is 1830. The van der Waals surface area contributed by atoms with Crippen LogP contribution in [0.15, 0.2) is 121 Å². The van der Waals surface area contributed by atoms with Gasteiger partial charge in [0.2, 0.25) is 0 Å². The molecule has 0 fully saturated rings. The van der Waals surface area contributed by atoms with Crippen molar-refractivity contribution in [1.29, 1.82) is 0 Å². The minimum atomic E-state index is 0.520. The van der Waals surface area contributed by atoms with Crippen LogP contribution < -0.4 is 0 Å². The lowest BCUT2D eigenvalue weighted by Crippen LogP contribution is -2.26. The first-order valence-electron chi connectivity index (χ1n) is 16.5. The second kappa shape index (κ2) is 13.7. The lowest BCUT2D eigenvalue weighted by atomic mass is 9.76. The van der Waals surface area contributed by atoms with E-state index in [1.54, 1.807) is 0 Å². The molecule has 1 N–H and O–H groups in total. The van der Waals surface area contributed by atoms with Gasteiger partial charge in [-0.15, -0.1) is 0 Å². The lowest BCUT2D eigenvalue weighted by Gasteiger charge is -2.35. The first-order valence-corrected chi connectivity index (χ1v) is 16.5. The average Bonchev–Trinajstić information content (AvgIpc) is 3.57. The van der Waals surface area contributed by atoms with E-state index in [2.05, 4.69) is 139 Å². The van der Waals surface area contributed by atoms with Crippen molar-refractivity contribution in [3.63, 3.8) is 0 Å². The number of fused-ring (bicyclic) bond motifs is 4. The summed E-state index contributed by atoms with van der Waals surface area (Å²) in [5.41, 5.74) is 10.2. The Kier molecular flexibility index (Phi) is 9.28. The van der Waals surface area contributed by atoms with Crippen molar-refractivity contribution in [3.05, 3.63) is 155 Å². The molecule has 0 bridgehead atoms. The molecule has 6 aromatic rings. The zero-order chi connectivity index (χ0) is 30.5. The van der Waals surface area contributed by atoms with Gasteiger partial charge in [-0.2, -0.15) is 0 Å². The molecule has 0 aliphatic heterocycles. The first-order chi connectivity index (χ1) is 21.7. The van der Waals surface area contributed by atoms with Crippen molar-refractivity contribution in [2.75, 3.05) is 14.1 Å². The number of aromatic nitrogens is 1. The molecule has 224 valence electrons. The van der Waals surface area contributed by atoms with Gasteiger partial charge in [0, 0.05) is 29.6 Å². The number of aromatic amines is 1. The normalized spacial score (nSPS) is 18.9. The molecule has 3 atom stereocenters. The minimum absolute atomic E-state index is 0.520. The van der Waals surface area contributed by atoms with Gasteiger partial charge < -0.3 is 9.88 Å². The van der Waals surface area contributed by atoms with E-state index in [1.807, 2.05) is 20.0 Å². The molecule has 0 saturated heterocycles. The molecule has 0 amide bonds. The van der Waals surface area contributed by atoms with Crippen LogP contribution in [0.25, 0.3) is 21.7 Å². The Morgan fingerprint density at radius 2 is 1.20 bits per heavy atom. The summed E-state index contributed by atoms with van der Waals surface area (Å²) in [5, 5.41) is 3.99. The average molecular weight is 579 g/mol. The third-order valence-electron chi connectivity index (χ3n) is 9.61. The highest BCUT2D eigenvalue weighted by molar-refractivity contribution is 5.83. The summed E-state index contributed by atoms with van der Waals surface area (Å²) in [4.78, 5) is 5.63. The van der Waals surface area contributed by atoms with Gasteiger partial charge >= 0.3 is 0 Å². The van der Waals surface area contributed by atoms with Crippen LogP contribution in [0, 0.1) is 0 Å². The topological polar surface area (TPSA) is 19.0 Å². The van der Waals surface area contributed by atoms with Gasteiger partial charge in [0.15, 0.2) is 0 Å². The molecule has 1 aromatic heterocycles. The van der Waals surface area contributed by atoms with E-state index < -0.39 is 0 Å². The molecule has 5 aromatic carbocycles. The summed E-state index contributed by atoms with van der Waals surface area (Å²) in [6.07, 6.45) is 8.27. The molecule has 2 nitrogen and oxygen atoms in total. The molecule has 0 saturated carbocycles.